The van der Waals surface area contributed by atoms with E-state index in [0.29, 0.717) is 17.3 Å². The van der Waals surface area contributed by atoms with Crippen molar-refractivity contribution >= 4 is 23.0 Å². The van der Waals surface area contributed by atoms with E-state index in [-0.39, 0.29) is 5.69 Å². The Hall–Kier alpha value is -2.08. The van der Waals surface area contributed by atoms with Crippen LogP contribution in [0.3, 0.4) is 0 Å². The number of aryl methyl sites for hydroxylation is 2. The third-order valence-corrected chi connectivity index (χ3v) is 3.01. The molecule has 0 bridgehead atoms. The number of nitro benzene ring substituents is 1. The molecule has 100 valence electrons. The maximum Gasteiger partial charge on any atom is 0.271 e. The van der Waals surface area contributed by atoms with Crippen LogP contribution in [0.1, 0.15) is 11.1 Å². The zero-order chi connectivity index (χ0) is 14.0. The number of halogens is 1. The number of nitrogens with one attached hydrogen (secondary N) is 1. The van der Waals surface area contributed by atoms with Crippen molar-refractivity contribution in [1.82, 2.24) is 9.78 Å². The molecular formula is C12H13ClN4O2. The fourth-order valence-electron chi connectivity index (χ4n) is 1.81. The molecule has 1 aromatic carbocycles. The average molecular weight is 281 g/mol. The quantitative estimate of drug-likeness (QED) is 0.690. The third kappa shape index (κ3) is 3.03. The maximum atomic E-state index is 10.7. The molecule has 0 aliphatic carbocycles. The molecule has 1 N–H and O–H groups in total. The molecule has 7 heteroatoms. The van der Waals surface area contributed by atoms with Crippen molar-refractivity contribution in [2.45, 2.75) is 13.5 Å². The van der Waals surface area contributed by atoms with Gasteiger partial charge in [0.1, 0.15) is 0 Å². The van der Waals surface area contributed by atoms with E-state index in [1.807, 2.05) is 13.2 Å². The molecule has 1 aromatic heterocycles. The Balaban J connectivity index is 2.18. The highest BCUT2D eigenvalue weighted by Gasteiger charge is 2.13. The fourth-order valence-corrected chi connectivity index (χ4v) is 2.14. The van der Waals surface area contributed by atoms with E-state index in [2.05, 4.69) is 10.4 Å². The molecule has 1 heterocycles. The van der Waals surface area contributed by atoms with Gasteiger partial charge >= 0.3 is 0 Å². The molecule has 6 nitrogen and oxygen atoms in total. The Bertz CT molecular complexity index is 601. The summed E-state index contributed by atoms with van der Waals surface area (Å²) in [6, 6.07) is 2.84. The van der Waals surface area contributed by atoms with Gasteiger partial charge in [-0.15, -0.1) is 0 Å². The zero-order valence-electron chi connectivity index (χ0n) is 10.6. The first-order valence-corrected chi connectivity index (χ1v) is 6.01. The van der Waals surface area contributed by atoms with Gasteiger partial charge < -0.3 is 5.32 Å². The number of rotatable bonds is 4. The normalized spacial score (nSPS) is 10.5. The third-order valence-electron chi connectivity index (χ3n) is 2.71. The molecule has 0 unspecified atom stereocenters. The summed E-state index contributed by atoms with van der Waals surface area (Å²) in [5, 5.41) is 18.3. The Kier molecular flexibility index (Phi) is 3.71. The van der Waals surface area contributed by atoms with Crippen LogP contribution in [-0.4, -0.2) is 14.7 Å². The molecule has 0 amide bonds. The summed E-state index contributed by atoms with van der Waals surface area (Å²) >= 11 is 6.06. The van der Waals surface area contributed by atoms with Crippen LogP contribution in [0.25, 0.3) is 0 Å². The lowest BCUT2D eigenvalue weighted by molar-refractivity contribution is -0.384. The van der Waals surface area contributed by atoms with Crippen LogP contribution in [0.2, 0.25) is 5.02 Å². The second kappa shape index (κ2) is 5.27. The highest BCUT2D eigenvalue weighted by atomic mass is 35.5. The Morgan fingerprint density at radius 2 is 2.26 bits per heavy atom. The van der Waals surface area contributed by atoms with E-state index < -0.39 is 4.92 Å². The summed E-state index contributed by atoms with van der Waals surface area (Å²) in [6.07, 6.45) is 3.64. The molecule has 0 saturated carbocycles. The highest BCUT2D eigenvalue weighted by molar-refractivity contribution is 6.33. The summed E-state index contributed by atoms with van der Waals surface area (Å²) in [4.78, 5) is 10.3. The summed E-state index contributed by atoms with van der Waals surface area (Å²) < 4.78 is 1.71. The Morgan fingerprint density at radius 1 is 1.53 bits per heavy atom. The first kappa shape index (κ1) is 13.4. The lowest BCUT2D eigenvalue weighted by Crippen LogP contribution is -2.02. The number of non-ortho nitro benzene ring substituents is 1. The van der Waals surface area contributed by atoms with E-state index in [4.69, 9.17) is 11.6 Å². The van der Waals surface area contributed by atoms with Gasteiger partial charge in [-0.3, -0.25) is 14.8 Å². The smallest absolute Gasteiger partial charge is 0.271 e. The zero-order valence-corrected chi connectivity index (χ0v) is 11.3. The van der Waals surface area contributed by atoms with Crippen molar-refractivity contribution in [3.8, 4) is 0 Å². The van der Waals surface area contributed by atoms with Crippen molar-refractivity contribution in [3.63, 3.8) is 0 Å². The molecule has 2 rings (SSSR count). The lowest BCUT2D eigenvalue weighted by Gasteiger charge is -2.10. The van der Waals surface area contributed by atoms with Crippen LogP contribution in [0.15, 0.2) is 24.5 Å². The van der Waals surface area contributed by atoms with Crippen molar-refractivity contribution in [1.29, 1.82) is 0 Å². The molecule has 0 spiro atoms. The van der Waals surface area contributed by atoms with Gasteiger partial charge in [0.05, 0.1) is 21.8 Å². The van der Waals surface area contributed by atoms with Crippen LogP contribution in [0.5, 0.6) is 0 Å². The molecule has 0 saturated heterocycles. The standard InChI is InChI=1S/C12H13ClN4O2/c1-8-3-10(17(18)19)4-11(13)12(8)14-5-9-6-15-16(2)7-9/h3-4,6-7,14H,5H2,1-2H3. The molecule has 0 radical (unpaired) electrons. The average Bonchev–Trinajstić information content (AvgIpc) is 2.73. The minimum Gasteiger partial charge on any atom is -0.379 e. The van der Waals surface area contributed by atoms with Crippen molar-refractivity contribution in [3.05, 3.63) is 50.8 Å². The Morgan fingerprint density at radius 3 is 2.79 bits per heavy atom. The van der Waals surface area contributed by atoms with Gasteiger partial charge in [-0.25, -0.2) is 0 Å². The molecule has 0 aliphatic rings. The SMILES string of the molecule is Cc1cc([N+](=O)[O-])cc(Cl)c1NCc1cnn(C)c1. The summed E-state index contributed by atoms with van der Waals surface area (Å²) in [6.45, 7) is 2.34. The van der Waals surface area contributed by atoms with Gasteiger partial charge in [0, 0.05) is 37.5 Å². The van der Waals surface area contributed by atoms with Gasteiger partial charge in [0.15, 0.2) is 0 Å². The fraction of sp³-hybridized carbons (Fsp3) is 0.250. The van der Waals surface area contributed by atoms with E-state index in [0.717, 1.165) is 11.1 Å². The number of benzene rings is 1. The van der Waals surface area contributed by atoms with Crippen LogP contribution < -0.4 is 5.32 Å². The number of nitro groups is 1. The largest absolute Gasteiger partial charge is 0.379 e. The molecule has 0 atom stereocenters. The summed E-state index contributed by atoms with van der Waals surface area (Å²) in [5.74, 6) is 0. The van der Waals surface area contributed by atoms with E-state index in [9.17, 15) is 10.1 Å². The van der Waals surface area contributed by atoms with Gasteiger partial charge in [-0.05, 0) is 12.5 Å². The summed E-state index contributed by atoms with van der Waals surface area (Å²) in [7, 11) is 1.84. The van der Waals surface area contributed by atoms with E-state index in [1.54, 1.807) is 17.8 Å². The number of hydrogen-bond donors (Lipinski definition) is 1. The summed E-state index contributed by atoms with van der Waals surface area (Å²) in [5.41, 5.74) is 2.45. The van der Waals surface area contributed by atoms with Crippen LogP contribution in [0.4, 0.5) is 11.4 Å². The lowest BCUT2D eigenvalue weighted by atomic mass is 10.1. The highest BCUT2D eigenvalue weighted by Crippen LogP contribution is 2.31. The first-order valence-electron chi connectivity index (χ1n) is 5.63. The van der Waals surface area contributed by atoms with E-state index >= 15 is 0 Å². The number of aromatic nitrogens is 2. The second-order valence-corrected chi connectivity index (χ2v) is 4.66. The monoisotopic (exact) mass is 280 g/mol. The van der Waals surface area contributed by atoms with Crippen LogP contribution in [0, 0.1) is 17.0 Å². The topological polar surface area (TPSA) is 73.0 Å². The number of anilines is 1. The minimum absolute atomic E-state index is 0.00516. The van der Waals surface area contributed by atoms with Crippen molar-refractivity contribution in [2.75, 3.05) is 5.32 Å². The van der Waals surface area contributed by atoms with Crippen molar-refractivity contribution in [2.24, 2.45) is 7.05 Å². The van der Waals surface area contributed by atoms with Crippen LogP contribution >= 0.6 is 11.6 Å². The van der Waals surface area contributed by atoms with E-state index in [1.165, 1.54) is 12.1 Å². The Labute approximate surface area is 115 Å². The minimum atomic E-state index is -0.455. The predicted molar refractivity (Wildman–Crippen MR) is 73.4 cm³/mol. The molecule has 0 aliphatic heterocycles. The van der Waals surface area contributed by atoms with Gasteiger partial charge in [-0.2, -0.15) is 5.10 Å². The second-order valence-electron chi connectivity index (χ2n) is 4.25. The number of hydrogen-bond acceptors (Lipinski definition) is 4. The van der Waals surface area contributed by atoms with Gasteiger partial charge in [0.2, 0.25) is 0 Å². The molecule has 2 aromatic rings. The maximum absolute atomic E-state index is 10.7. The van der Waals surface area contributed by atoms with Crippen LogP contribution in [-0.2, 0) is 13.6 Å². The molecular weight excluding hydrogens is 268 g/mol. The van der Waals surface area contributed by atoms with Gasteiger partial charge in [-0.1, -0.05) is 11.6 Å². The molecule has 0 fully saturated rings. The van der Waals surface area contributed by atoms with Gasteiger partial charge in [0.25, 0.3) is 5.69 Å². The van der Waals surface area contributed by atoms with Crippen molar-refractivity contribution < 1.29 is 4.92 Å². The molecule has 19 heavy (non-hydrogen) atoms. The number of nitrogens with zero attached hydrogens (tertiary/aromatic N) is 3. The first-order chi connectivity index (χ1) is 8.97. The predicted octanol–water partition coefficient (Wildman–Crippen LogP) is 2.90.